The predicted octanol–water partition coefficient (Wildman–Crippen LogP) is 3.19. The average molecular weight is 188 g/mol. The van der Waals surface area contributed by atoms with E-state index in [2.05, 4.69) is 20.8 Å². The van der Waals surface area contributed by atoms with E-state index >= 15 is 0 Å². The highest BCUT2D eigenvalue weighted by atomic mass is 19.1. The first-order valence-electron chi connectivity index (χ1n) is 5.12. The maximum absolute atomic E-state index is 13.5. The summed E-state index contributed by atoms with van der Waals surface area (Å²) in [5, 5.41) is 0. The van der Waals surface area contributed by atoms with Gasteiger partial charge in [-0.3, -0.25) is 0 Å². The van der Waals surface area contributed by atoms with Gasteiger partial charge in [0, 0.05) is 7.11 Å². The van der Waals surface area contributed by atoms with Crippen molar-refractivity contribution in [3.05, 3.63) is 0 Å². The summed E-state index contributed by atoms with van der Waals surface area (Å²) in [6.07, 6.45) is 1.73. The van der Waals surface area contributed by atoms with E-state index in [-0.39, 0.29) is 11.5 Å². The molecular weight excluding hydrogens is 167 g/mol. The van der Waals surface area contributed by atoms with Crippen molar-refractivity contribution in [1.29, 1.82) is 0 Å². The first-order valence-corrected chi connectivity index (χ1v) is 5.12. The highest BCUT2D eigenvalue weighted by Gasteiger charge is 2.35. The fourth-order valence-corrected chi connectivity index (χ4v) is 2.14. The molecule has 0 spiro atoms. The van der Waals surface area contributed by atoms with Crippen molar-refractivity contribution in [1.82, 2.24) is 0 Å². The Morgan fingerprint density at radius 3 is 2.23 bits per heavy atom. The Morgan fingerprint density at radius 1 is 1.23 bits per heavy atom. The van der Waals surface area contributed by atoms with Gasteiger partial charge in [-0.25, -0.2) is 4.39 Å². The van der Waals surface area contributed by atoms with Crippen LogP contribution in [0.2, 0.25) is 0 Å². The Labute approximate surface area is 80.7 Å². The van der Waals surface area contributed by atoms with Gasteiger partial charge in [-0.05, 0) is 30.6 Å². The first kappa shape index (κ1) is 11.0. The molecule has 0 unspecified atom stereocenters. The molecule has 13 heavy (non-hydrogen) atoms. The second-order valence-corrected chi connectivity index (χ2v) is 5.17. The third-order valence-corrected chi connectivity index (χ3v) is 3.24. The maximum Gasteiger partial charge on any atom is 0.126 e. The molecule has 0 aliphatic heterocycles. The minimum Gasteiger partial charge on any atom is -0.378 e. The number of rotatable bonds is 1. The molecule has 78 valence electrons. The molecule has 1 fully saturated rings. The van der Waals surface area contributed by atoms with Gasteiger partial charge in [-0.1, -0.05) is 20.8 Å². The second kappa shape index (κ2) is 3.95. The lowest BCUT2D eigenvalue weighted by atomic mass is 9.71. The van der Waals surface area contributed by atoms with Crippen molar-refractivity contribution in [3.8, 4) is 0 Å². The fourth-order valence-electron chi connectivity index (χ4n) is 2.14. The van der Waals surface area contributed by atoms with E-state index < -0.39 is 6.17 Å². The van der Waals surface area contributed by atoms with Crippen LogP contribution in [0.4, 0.5) is 4.39 Å². The lowest BCUT2D eigenvalue weighted by molar-refractivity contribution is -0.0266. The molecule has 1 aliphatic carbocycles. The summed E-state index contributed by atoms with van der Waals surface area (Å²) in [6.45, 7) is 6.58. The zero-order valence-corrected chi connectivity index (χ0v) is 9.14. The van der Waals surface area contributed by atoms with E-state index in [1.807, 2.05) is 0 Å². The monoisotopic (exact) mass is 188 g/mol. The number of hydrogen-bond acceptors (Lipinski definition) is 1. The molecule has 0 saturated heterocycles. The van der Waals surface area contributed by atoms with E-state index in [4.69, 9.17) is 4.74 Å². The summed E-state index contributed by atoms with van der Waals surface area (Å²) in [5.74, 6) is 0.508. The fraction of sp³-hybridized carbons (Fsp3) is 1.00. The van der Waals surface area contributed by atoms with Gasteiger partial charge in [0.05, 0.1) is 6.10 Å². The molecule has 0 bridgehead atoms. The normalized spacial score (nSPS) is 36.2. The van der Waals surface area contributed by atoms with Crippen LogP contribution in [-0.4, -0.2) is 19.4 Å². The van der Waals surface area contributed by atoms with Crippen molar-refractivity contribution in [3.63, 3.8) is 0 Å². The van der Waals surface area contributed by atoms with Gasteiger partial charge in [0.25, 0.3) is 0 Å². The van der Waals surface area contributed by atoms with Crippen LogP contribution in [0.25, 0.3) is 0 Å². The molecule has 0 aromatic rings. The van der Waals surface area contributed by atoms with Gasteiger partial charge in [0.2, 0.25) is 0 Å². The van der Waals surface area contributed by atoms with Gasteiger partial charge in [-0.2, -0.15) is 0 Å². The van der Waals surface area contributed by atoms with Crippen LogP contribution in [0, 0.1) is 11.3 Å². The summed E-state index contributed by atoms with van der Waals surface area (Å²) in [7, 11) is 1.61. The molecule has 1 rings (SSSR count). The van der Waals surface area contributed by atoms with Gasteiger partial charge in [0.15, 0.2) is 0 Å². The van der Waals surface area contributed by atoms with E-state index in [0.29, 0.717) is 12.3 Å². The number of ether oxygens (including phenoxy) is 1. The third-order valence-electron chi connectivity index (χ3n) is 3.24. The van der Waals surface area contributed by atoms with Crippen LogP contribution in [0.1, 0.15) is 40.0 Å². The molecule has 2 heteroatoms. The summed E-state index contributed by atoms with van der Waals surface area (Å²) in [6, 6.07) is 0. The minimum atomic E-state index is -0.761. The van der Waals surface area contributed by atoms with Gasteiger partial charge >= 0.3 is 0 Å². The summed E-state index contributed by atoms with van der Waals surface area (Å²) in [4.78, 5) is 0. The maximum atomic E-state index is 13.5. The lowest BCUT2D eigenvalue weighted by Crippen LogP contribution is -2.36. The number of hydrogen-bond donors (Lipinski definition) is 0. The third kappa shape index (κ3) is 2.67. The Kier molecular flexibility index (Phi) is 3.33. The van der Waals surface area contributed by atoms with Crippen LogP contribution < -0.4 is 0 Å². The highest BCUT2D eigenvalue weighted by molar-refractivity contribution is 4.86. The van der Waals surface area contributed by atoms with Crippen LogP contribution in [-0.2, 0) is 4.74 Å². The van der Waals surface area contributed by atoms with Crippen molar-refractivity contribution in [2.75, 3.05) is 7.11 Å². The summed E-state index contributed by atoms with van der Waals surface area (Å²) < 4.78 is 18.6. The van der Waals surface area contributed by atoms with Gasteiger partial charge < -0.3 is 4.74 Å². The Bertz CT molecular complexity index is 162. The molecular formula is C11H21FO. The summed E-state index contributed by atoms with van der Waals surface area (Å²) >= 11 is 0. The molecule has 0 aromatic heterocycles. The van der Waals surface area contributed by atoms with Crippen LogP contribution in [0.15, 0.2) is 0 Å². The van der Waals surface area contributed by atoms with Gasteiger partial charge in [-0.15, -0.1) is 0 Å². The van der Waals surface area contributed by atoms with Crippen molar-refractivity contribution >= 4 is 0 Å². The molecule has 0 N–H and O–H groups in total. The van der Waals surface area contributed by atoms with E-state index in [1.54, 1.807) is 7.11 Å². The minimum absolute atomic E-state index is 0.154. The molecule has 1 saturated carbocycles. The topological polar surface area (TPSA) is 9.23 Å². The van der Waals surface area contributed by atoms with E-state index in [1.165, 1.54) is 0 Å². The second-order valence-electron chi connectivity index (χ2n) is 5.17. The average Bonchev–Trinajstić information content (AvgIpc) is 2.02. The first-order chi connectivity index (χ1) is 5.95. The standard InChI is InChI=1S/C11H21FO/c1-11(2,3)8-5-6-10(13-4)9(12)7-8/h8-10H,5-7H2,1-4H3/t8-,9+,10-/m1/s1. The molecule has 0 heterocycles. The largest absolute Gasteiger partial charge is 0.378 e. The number of halogens is 1. The Hall–Kier alpha value is -0.110. The number of alkyl halides is 1. The molecule has 0 radical (unpaired) electrons. The zero-order valence-electron chi connectivity index (χ0n) is 9.14. The zero-order chi connectivity index (χ0) is 10.1. The quantitative estimate of drug-likeness (QED) is 0.614. The van der Waals surface area contributed by atoms with Crippen molar-refractivity contribution in [2.45, 2.75) is 52.3 Å². The highest BCUT2D eigenvalue weighted by Crippen LogP contribution is 2.39. The predicted molar refractivity (Wildman–Crippen MR) is 52.5 cm³/mol. The molecule has 1 nitrogen and oxygen atoms in total. The lowest BCUT2D eigenvalue weighted by Gasteiger charge is -2.38. The van der Waals surface area contributed by atoms with Crippen molar-refractivity contribution in [2.24, 2.45) is 11.3 Å². The Balaban J connectivity index is 2.51. The molecule has 3 atom stereocenters. The molecule has 1 aliphatic rings. The van der Waals surface area contributed by atoms with Crippen LogP contribution >= 0.6 is 0 Å². The van der Waals surface area contributed by atoms with Crippen molar-refractivity contribution < 1.29 is 9.13 Å². The van der Waals surface area contributed by atoms with Crippen LogP contribution in [0.3, 0.4) is 0 Å². The SMILES string of the molecule is CO[C@@H]1CC[C@@H](C(C)(C)C)C[C@@H]1F. The van der Waals surface area contributed by atoms with E-state index in [0.717, 1.165) is 12.8 Å². The molecule has 0 amide bonds. The smallest absolute Gasteiger partial charge is 0.126 e. The van der Waals surface area contributed by atoms with Crippen LogP contribution in [0.5, 0.6) is 0 Å². The van der Waals surface area contributed by atoms with E-state index in [9.17, 15) is 4.39 Å². The number of methoxy groups -OCH3 is 1. The summed E-state index contributed by atoms with van der Waals surface area (Å²) in [5.41, 5.74) is 0.239. The Morgan fingerprint density at radius 2 is 1.85 bits per heavy atom. The van der Waals surface area contributed by atoms with Gasteiger partial charge in [0.1, 0.15) is 6.17 Å². The molecule has 0 aromatic carbocycles.